The van der Waals surface area contributed by atoms with Gasteiger partial charge in [0.05, 0.1) is 10.6 Å². The van der Waals surface area contributed by atoms with E-state index in [1.807, 2.05) is 0 Å². The van der Waals surface area contributed by atoms with Crippen molar-refractivity contribution >= 4 is 28.8 Å². The molecule has 2 aromatic rings. The van der Waals surface area contributed by atoms with Gasteiger partial charge < -0.3 is 10.1 Å². The van der Waals surface area contributed by atoms with Gasteiger partial charge in [0.15, 0.2) is 0 Å². The van der Waals surface area contributed by atoms with Gasteiger partial charge in [-0.05, 0) is 42.0 Å². The summed E-state index contributed by atoms with van der Waals surface area (Å²) in [6, 6.07) is 7.97. The van der Waals surface area contributed by atoms with Crippen LogP contribution < -0.4 is 5.32 Å². The first kappa shape index (κ1) is 15.5. The molecule has 1 saturated heterocycles. The third kappa shape index (κ3) is 3.02. The lowest BCUT2D eigenvalue weighted by molar-refractivity contribution is 0.0346. The van der Waals surface area contributed by atoms with Crippen molar-refractivity contribution in [3.05, 3.63) is 57.0 Å². The van der Waals surface area contributed by atoms with Crippen molar-refractivity contribution < 1.29 is 13.9 Å². The normalized spacial score (nSPS) is 17.2. The van der Waals surface area contributed by atoms with E-state index in [0.717, 1.165) is 5.56 Å². The van der Waals surface area contributed by atoms with E-state index in [4.69, 9.17) is 16.3 Å². The number of ether oxygens (including phenoxy) is 1. The molecule has 1 amide bonds. The van der Waals surface area contributed by atoms with Gasteiger partial charge in [-0.2, -0.15) is 0 Å². The monoisotopic (exact) mass is 339 g/mol. The highest BCUT2D eigenvalue weighted by Gasteiger charge is 2.36. The topological polar surface area (TPSA) is 38.3 Å². The Balaban J connectivity index is 1.91. The Morgan fingerprint density at radius 2 is 1.91 bits per heavy atom. The van der Waals surface area contributed by atoms with Crippen LogP contribution in [0, 0.1) is 5.82 Å². The standard InChI is InChI=1S/C16H15ClFNO2S/c17-13-5-10-22-14(13)15(20)19-16(6-8-21-9-7-16)11-1-3-12(18)4-2-11/h1-5,10H,6-9H2,(H,19,20). The number of hydrogen-bond donors (Lipinski definition) is 1. The molecular formula is C16H15ClFNO2S. The molecule has 0 unspecified atom stereocenters. The Hall–Kier alpha value is -1.43. The van der Waals surface area contributed by atoms with Crippen LogP contribution in [-0.2, 0) is 10.3 Å². The maximum absolute atomic E-state index is 13.2. The molecule has 0 bridgehead atoms. The van der Waals surface area contributed by atoms with Crippen LogP contribution in [0.15, 0.2) is 35.7 Å². The molecule has 1 aromatic carbocycles. The van der Waals surface area contributed by atoms with Gasteiger partial charge in [0.1, 0.15) is 10.7 Å². The molecule has 1 N–H and O–H groups in total. The number of halogens is 2. The van der Waals surface area contributed by atoms with E-state index in [0.29, 0.717) is 36.0 Å². The average molecular weight is 340 g/mol. The van der Waals surface area contributed by atoms with Crippen molar-refractivity contribution in [2.45, 2.75) is 18.4 Å². The van der Waals surface area contributed by atoms with Crippen molar-refractivity contribution in [1.29, 1.82) is 0 Å². The van der Waals surface area contributed by atoms with Crippen LogP contribution in [0.5, 0.6) is 0 Å². The van der Waals surface area contributed by atoms with E-state index in [9.17, 15) is 9.18 Å². The van der Waals surface area contributed by atoms with Crippen LogP contribution in [0.2, 0.25) is 5.02 Å². The molecule has 3 nitrogen and oxygen atoms in total. The number of carbonyl (C=O) groups is 1. The molecule has 2 heterocycles. The summed E-state index contributed by atoms with van der Waals surface area (Å²) >= 11 is 7.35. The number of carbonyl (C=O) groups excluding carboxylic acids is 1. The van der Waals surface area contributed by atoms with E-state index in [-0.39, 0.29) is 11.7 Å². The number of hydrogen-bond acceptors (Lipinski definition) is 3. The van der Waals surface area contributed by atoms with Gasteiger partial charge in [0.2, 0.25) is 0 Å². The Bertz CT molecular complexity index is 665. The Kier molecular flexibility index (Phi) is 4.47. The number of benzene rings is 1. The Labute approximate surface area is 137 Å². The molecule has 0 spiro atoms. The summed E-state index contributed by atoms with van der Waals surface area (Å²) in [5.41, 5.74) is 0.342. The molecule has 1 fully saturated rings. The van der Waals surface area contributed by atoms with E-state index < -0.39 is 5.54 Å². The van der Waals surface area contributed by atoms with Crippen LogP contribution in [0.3, 0.4) is 0 Å². The maximum Gasteiger partial charge on any atom is 0.263 e. The number of thiophene rings is 1. The first-order valence-corrected chi connectivity index (χ1v) is 8.26. The molecule has 116 valence electrons. The zero-order valence-corrected chi connectivity index (χ0v) is 13.3. The van der Waals surface area contributed by atoms with E-state index in [2.05, 4.69) is 5.32 Å². The summed E-state index contributed by atoms with van der Waals surface area (Å²) in [6.07, 6.45) is 1.29. The second-order valence-electron chi connectivity index (χ2n) is 5.25. The average Bonchev–Trinajstić information content (AvgIpc) is 2.95. The summed E-state index contributed by atoms with van der Waals surface area (Å²) in [4.78, 5) is 13.0. The van der Waals surface area contributed by atoms with Crippen molar-refractivity contribution in [2.24, 2.45) is 0 Å². The first-order valence-electron chi connectivity index (χ1n) is 7.00. The van der Waals surface area contributed by atoms with Gasteiger partial charge in [-0.15, -0.1) is 11.3 Å². The molecule has 0 aliphatic carbocycles. The smallest absolute Gasteiger partial charge is 0.263 e. The van der Waals surface area contributed by atoms with Gasteiger partial charge in [0, 0.05) is 13.2 Å². The molecule has 0 saturated carbocycles. The lowest BCUT2D eigenvalue weighted by atomic mass is 9.82. The van der Waals surface area contributed by atoms with Crippen molar-refractivity contribution in [1.82, 2.24) is 5.32 Å². The van der Waals surface area contributed by atoms with Gasteiger partial charge >= 0.3 is 0 Å². The molecular weight excluding hydrogens is 325 g/mol. The molecule has 0 atom stereocenters. The van der Waals surface area contributed by atoms with Crippen LogP contribution in [-0.4, -0.2) is 19.1 Å². The molecule has 3 rings (SSSR count). The summed E-state index contributed by atoms with van der Waals surface area (Å²) < 4.78 is 18.6. The summed E-state index contributed by atoms with van der Waals surface area (Å²) in [5.74, 6) is -0.496. The SMILES string of the molecule is O=C(NC1(c2ccc(F)cc2)CCOCC1)c1sccc1Cl. The fourth-order valence-electron chi connectivity index (χ4n) is 2.70. The van der Waals surface area contributed by atoms with Gasteiger partial charge in [-0.25, -0.2) is 4.39 Å². The molecule has 22 heavy (non-hydrogen) atoms. The van der Waals surface area contributed by atoms with Crippen molar-refractivity contribution in [3.8, 4) is 0 Å². The van der Waals surface area contributed by atoms with Crippen LogP contribution in [0.25, 0.3) is 0 Å². The van der Waals surface area contributed by atoms with Crippen molar-refractivity contribution in [3.63, 3.8) is 0 Å². The lowest BCUT2D eigenvalue weighted by Gasteiger charge is -2.38. The molecule has 6 heteroatoms. The fourth-order valence-corrected chi connectivity index (χ4v) is 3.74. The molecule has 1 aromatic heterocycles. The second-order valence-corrected chi connectivity index (χ2v) is 6.58. The van der Waals surface area contributed by atoms with E-state index in [1.165, 1.54) is 23.5 Å². The quantitative estimate of drug-likeness (QED) is 0.918. The van der Waals surface area contributed by atoms with E-state index >= 15 is 0 Å². The van der Waals surface area contributed by atoms with Gasteiger partial charge in [-0.3, -0.25) is 4.79 Å². The molecule has 1 aliphatic rings. The minimum Gasteiger partial charge on any atom is -0.381 e. The number of nitrogens with one attached hydrogen (secondary N) is 1. The van der Waals surface area contributed by atoms with Gasteiger partial charge in [-0.1, -0.05) is 23.7 Å². The number of amides is 1. The highest BCUT2D eigenvalue weighted by atomic mass is 35.5. The largest absolute Gasteiger partial charge is 0.381 e. The minimum atomic E-state index is -0.545. The Morgan fingerprint density at radius 1 is 1.23 bits per heavy atom. The third-order valence-corrected chi connectivity index (χ3v) is 5.26. The summed E-state index contributed by atoms with van der Waals surface area (Å²) in [5, 5.41) is 5.33. The lowest BCUT2D eigenvalue weighted by Crippen LogP contribution is -2.49. The fraction of sp³-hybridized carbons (Fsp3) is 0.312. The zero-order chi connectivity index (χ0) is 15.6. The third-order valence-electron chi connectivity index (χ3n) is 3.92. The number of rotatable bonds is 3. The van der Waals surface area contributed by atoms with Crippen LogP contribution in [0.4, 0.5) is 4.39 Å². The molecule has 0 radical (unpaired) electrons. The highest BCUT2D eigenvalue weighted by Crippen LogP contribution is 2.33. The zero-order valence-electron chi connectivity index (χ0n) is 11.8. The molecule has 1 aliphatic heterocycles. The predicted molar refractivity (Wildman–Crippen MR) is 84.9 cm³/mol. The summed E-state index contributed by atoms with van der Waals surface area (Å²) in [7, 11) is 0. The highest BCUT2D eigenvalue weighted by molar-refractivity contribution is 7.12. The minimum absolute atomic E-state index is 0.203. The van der Waals surface area contributed by atoms with Crippen LogP contribution in [0.1, 0.15) is 28.1 Å². The first-order chi connectivity index (χ1) is 10.6. The Morgan fingerprint density at radius 3 is 2.50 bits per heavy atom. The summed E-state index contributed by atoms with van der Waals surface area (Å²) in [6.45, 7) is 1.10. The van der Waals surface area contributed by atoms with Crippen molar-refractivity contribution in [2.75, 3.05) is 13.2 Å². The van der Waals surface area contributed by atoms with Gasteiger partial charge in [0.25, 0.3) is 5.91 Å². The maximum atomic E-state index is 13.2. The van der Waals surface area contributed by atoms with Crippen LogP contribution >= 0.6 is 22.9 Å². The second kappa shape index (κ2) is 6.36. The van der Waals surface area contributed by atoms with E-state index in [1.54, 1.807) is 23.6 Å². The predicted octanol–water partition coefficient (Wildman–Crippen LogP) is 3.98.